The maximum Gasteiger partial charge on any atom is 0.333 e. The minimum Gasteiger partial charge on any atom is -0.462 e. The molecule has 3 nitrogen and oxygen atoms in total. The van der Waals surface area contributed by atoms with Gasteiger partial charge in [0, 0.05) is 12.2 Å². The Morgan fingerprint density at radius 3 is 2.43 bits per heavy atom. The van der Waals surface area contributed by atoms with Crippen LogP contribution >= 0.6 is 0 Å². The highest BCUT2D eigenvalue weighted by Gasteiger charge is 2.28. The van der Waals surface area contributed by atoms with Crippen LogP contribution < -0.4 is 0 Å². The van der Waals surface area contributed by atoms with Gasteiger partial charge in [-0.05, 0) is 87.2 Å². The molecule has 1 aliphatic rings. The summed E-state index contributed by atoms with van der Waals surface area (Å²) in [5.41, 5.74) is 3.37. The fourth-order valence-electron chi connectivity index (χ4n) is 4.47. The first-order chi connectivity index (χ1) is 13.5. The number of aliphatic hydroxyl groups excluding tert-OH is 1. The van der Waals surface area contributed by atoms with Gasteiger partial charge in [0.25, 0.3) is 0 Å². The van der Waals surface area contributed by atoms with Gasteiger partial charge in [0.1, 0.15) is 0 Å². The molecule has 0 radical (unpaired) electrons. The normalized spacial score (nSPS) is 20.5. The number of hydrogen-bond donors (Lipinski definition) is 1. The molecule has 0 heterocycles. The van der Waals surface area contributed by atoms with Gasteiger partial charge in [-0.1, -0.05) is 44.2 Å². The first-order valence-corrected chi connectivity index (χ1v) is 11.1. The Hall–Kier alpha value is -1.61. The van der Waals surface area contributed by atoms with Crippen molar-refractivity contribution < 1.29 is 14.6 Å². The third kappa shape index (κ3) is 7.09. The number of esters is 1. The van der Waals surface area contributed by atoms with E-state index in [0.29, 0.717) is 29.9 Å². The van der Waals surface area contributed by atoms with Gasteiger partial charge in [-0.15, -0.1) is 0 Å². The minimum absolute atomic E-state index is 0.207. The van der Waals surface area contributed by atoms with Crippen LogP contribution in [0.3, 0.4) is 0 Å². The highest BCUT2D eigenvalue weighted by Crippen LogP contribution is 2.40. The topological polar surface area (TPSA) is 46.5 Å². The molecular formula is C25H38O3. The molecule has 0 amide bonds. The van der Waals surface area contributed by atoms with Gasteiger partial charge in [-0.3, -0.25) is 0 Å². The maximum absolute atomic E-state index is 11.6. The molecule has 0 saturated heterocycles. The zero-order valence-corrected chi connectivity index (χ0v) is 17.8. The molecule has 1 N–H and O–H groups in total. The van der Waals surface area contributed by atoms with Gasteiger partial charge in [-0.2, -0.15) is 0 Å². The largest absolute Gasteiger partial charge is 0.462 e. The molecule has 0 aromatic heterocycles. The van der Waals surface area contributed by atoms with Crippen LogP contribution in [0.2, 0.25) is 0 Å². The Morgan fingerprint density at radius 2 is 1.86 bits per heavy atom. The fraction of sp³-hybridized carbons (Fsp3) is 0.640. The van der Waals surface area contributed by atoms with E-state index in [4.69, 9.17) is 4.74 Å². The van der Waals surface area contributed by atoms with Crippen LogP contribution in [0.4, 0.5) is 0 Å². The van der Waals surface area contributed by atoms with E-state index in [1.165, 1.54) is 56.1 Å². The Labute approximate surface area is 171 Å². The first-order valence-electron chi connectivity index (χ1n) is 11.1. The molecule has 0 aliphatic heterocycles. The highest BCUT2D eigenvalue weighted by molar-refractivity contribution is 5.86. The van der Waals surface area contributed by atoms with Crippen LogP contribution in [0.5, 0.6) is 0 Å². The molecule has 3 heteroatoms. The summed E-state index contributed by atoms with van der Waals surface area (Å²) < 4.78 is 5.28. The van der Waals surface area contributed by atoms with E-state index in [-0.39, 0.29) is 12.6 Å². The monoisotopic (exact) mass is 386 g/mol. The van der Waals surface area contributed by atoms with Crippen molar-refractivity contribution in [3.8, 4) is 0 Å². The van der Waals surface area contributed by atoms with E-state index in [9.17, 15) is 9.90 Å². The summed E-state index contributed by atoms with van der Waals surface area (Å²) in [4.78, 5) is 11.6. The molecule has 2 rings (SSSR count). The van der Waals surface area contributed by atoms with E-state index >= 15 is 0 Å². The van der Waals surface area contributed by atoms with Gasteiger partial charge in [0.05, 0.1) is 6.61 Å². The van der Waals surface area contributed by atoms with Crippen LogP contribution in [-0.4, -0.2) is 24.3 Å². The van der Waals surface area contributed by atoms with Crippen molar-refractivity contribution in [1.29, 1.82) is 0 Å². The third-order valence-corrected chi connectivity index (χ3v) is 6.28. The van der Waals surface area contributed by atoms with Gasteiger partial charge in [0.15, 0.2) is 0 Å². The minimum atomic E-state index is -0.311. The summed E-state index contributed by atoms with van der Waals surface area (Å²) in [7, 11) is 0. The lowest BCUT2D eigenvalue weighted by atomic mass is 9.72. The van der Waals surface area contributed by atoms with E-state index in [1.54, 1.807) is 6.92 Å². The van der Waals surface area contributed by atoms with Crippen LogP contribution in [0.15, 0.2) is 36.4 Å². The summed E-state index contributed by atoms with van der Waals surface area (Å²) in [6, 6.07) is 9.28. The lowest BCUT2D eigenvalue weighted by Crippen LogP contribution is -2.24. The van der Waals surface area contributed by atoms with Crippen molar-refractivity contribution in [2.45, 2.75) is 77.6 Å². The summed E-state index contributed by atoms with van der Waals surface area (Å²) >= 11 is 0. The Kier molecular flexibility index (Phi) is 9.77. The van der Waals surface area contributed by atoms with Crippen molar-refractivity contribution in [2.75, 3.05) is 13.2 Å². The molecular weight excluding hydrogens is 348 g/mol. The lowest BCUT2D eigenvalue weighted by Gasteiger charge is -2.34. The van der Waals surface area contributed by atoms with Gasteiger partial charge in [0.2, 0.25) is 0 Å². The SMILES string of the molecule is C=C(C)C(=O)OCCC(CCO)C1CCC(c2ccc(CCCC)cc2)CC1. The van der Waals surface area contributed by atoms with Crippen LogP contribution in [0, 0.1) is 11.8 Å². The number of benzene rings is 1. The van der Waals surface area contributed by atoms with Gasteiger partial charge < -0.3 is 9.84 Å². The summed E-state index contributed by atoms with van der Waals surface area (Å²) in [5, 5.41) is 9.46. The zero-order chi connectivity index (χ0) is 20.4. The number of aryl methyl sites for hydroxylation is 1. The Balaban J connectivity index is 1.82. The quantitative estimate of drug-likeness (QED) is 0.385. The lowest BCUT2D eigenvalue weighted by molar-refractivity contribution is -0.139. The molecule has 1 aliphatic carbocycles. The summed E-state index contributed by atoms with van der Waals surface area (Å²) in [6.07, 6.45) is 10.1. The van der Waals surface area contributed by atoms with E-state index in [2.05, 4.69) is 37.8 Å². The number of aliphatic hydroxyl groups is 1. The second kappa shape index (κ2) is 12.1. The molecule has 1 aromatic carbocycles. The number of rotatable bonds is 11. The number of carbonyl (C=O) groups excluding carboxylic acids is 1. The summed E-state index contributed by atoms with van der Waals surface area (Å²) in [5.74, 6) is 1.40. The molecule has 28 heavy (non-hydrogen) atoms. The number of hydrogen-bond acceptors (Lipinski definition) is 3. The standard InChI is InChI=1S/C25H38O3/c1-4-5-6-20-7-9-21(10-8-20)22-11-13-23(14-12-22)24(15-17-26)16-18-28-25(27)19(2)3/h7-10,22-24,26H,2,4-6,11-18H2,1,3H3. The predicted molar refractivity (Wildman–Crippen MR) is 115 cm³/mol. The molecule has 1 saturated carbocycles. The van der Waals surface area contributed by atoms with Crippen molar-refractivity contribution in [2.24, 2.45) is 11.8 Å². The van der Waals surface area contributed by atoms with Crippen molar-refractivity contribution >= 4 is 5.97 Å². The highest BCUT2D eigenvalue weighted by atomic mass is 16.5. The van der Waals surface area contributed by atoms with E-state index < -0.39 is 0 Å². The molecule has 1 atom stereocenters. The number of unbranched alkanes of at least 4 members (excludes halogenated alkanes) is 1. The predicted octanol–water partition coefficient (Wildman–Crippen LogP) is 5.81. The zero-order valence-electron chi connectivity index (χ0n) is 17.8. The van der Waals surface area contributed by atoms with E-state index in [1.807, 2.05) is 0 Å². The Bertz CT molecular complexity index is 597. The average Bonchev–Trinajstić information content (AvgIpc) is 2.72. The Morgan fingerprint density at radius 1 is 1.18 bits per heavy atom. The van der Waals surface area contributed by atoms with Gasteiger partial charge in [-0.25, -0.2) is 4.79 Å². The summed E-state index contributed by atoms with van der Waals surface area (Å²) in [6.45, 7) is 8.16. The van der Waals surface area contributed by atoms with E-state index in [0.717, 1.165) is 12.8 Å². The average molecular weight is 387 g/mol. The molecule has 0 bridgehead atoms. The fourth-order valence-corrected chi connectivity index (χ4v) is 4.47. The maximum atomic E-state index is 11.6. The molecule has 1 unspecified atom stereocenters. The number of ether oxygens (including phenoxy) is 1. The third-order valence-electron chi connectivity index (χ3n) is 6.28. The molecule has 0 spiro atoms. The van der Waals surface area contributed by atoms with Crippen LogP contribution in [-0.2, 0) is 16.0 Å². The van der Waals surface area contributed by atoms with Gasteiger partial charge >= 0.3 is 5.97 Å². The second-order valence-corrected chi connectivity index (χ2v) is 8.43. The number of carbonyl (C=O) groups is 1. The van der Waals surface area contributed by atoms with Crippen molar-refractivity contribution in [3.05, 3.63) is 47.5 Å². The van der Waals surface area contributed by atoms with Crippen molar-refractivity contribution in [1.82, 2.24) is 0 Å². The first kappa shape index (κ1) is 22.7. The second-order valence-electron chi connectivity index (χ2n) is 8.43. The van der Waals surface area contributed by atoms with Crippen LogP contribution in [0.25, 0.3) is 0 Å². The molecule has 1 aromatic rings. The van der Waals surface area contributed by atoms with Crippen molar-refractivity contribution in [3.63, 3.8) is 0 Å². The smallest absolute Gasteiger partial charge is 0.333 e. The molecule has 156 valence electrons. The molecule has 1 fully saturated rings. The van der Waals surface area contributed by atoms with Crippen LogP contribution in [0.1, 0.15) is 82.3 Å².